The highest BCUT2D eigenvalue weighted by Gasteiger charge is 2.35. The number of aliphatic hydroxyl groups excluding tert-OH is 1. The average Bonchev–Trinajstić information content (AvgIpc) is 2.41. The van der Waals surface area contributed by atoms with E-state index in [1.54, 1.807) is 32.9 Å². The van der Waals surface area contributed by atoms with Gasteiger partial charge in [0.05, 0.1) is 17.1 Å². The predicted octanol–water partition coefficient (Wildman–Crippen LogP) is 1.62. The lowest BCUT2D eigenvalue weighted by atomic mass is 9.79. The lowest BCUT2D eigenvalue weighted by Gasteiger charge is -2.32. The fraction of sp³-hybridized carbons (Fsp3) is 0.600. The van der Waals surface area contributed by atoms with Crippen molar-refractivity contribution in [2.24, 2.45) is 5.73 Å². The monoisotopic (exact) mass is 317 g/mol. The Morgan fingerprint density at radius 1 is 1.19 bits per heavy atom. The molecule has 0 spiro atoms. The maximum atomic E-state index is 13.0. The molecule has 6 heteroatoms. The number of rotatable bonds is 6. The lowest BCUT2D eigenvalue weighted by Crippen LogP contribution is -2.42. The van der Waals surface area contributed by atoms with Crippen molar-refractivity contribution in [3.63, 3.8) is 0 Å². The third-order valence-electron chi connectivity index (χ3n) is 3.93. The summed E-state index contributed by atoms with van der Waals surface area (Å²) in [6, 6.07) is 5.66. The van der Waals surface area contributed by atoms with E-state index in [-0.39, 0.29) is 31.1 Å². The Hall–Kier alpha value is -0.980. The van der Waals surface area contributed by atoms with Crippen LogP contribution in [-0.2, 0) is 15.3 Å². The Bertz CT molecular complexity index is 558. The molecule has 0 aliphatic rings. The van der Waals surface area contributed by atoms with Crippen LogP contribution in [0.5, 0.6) is 0 Å². The normalized spacial score (nSPS) is 15.7. The van der Waals surface area contributed by atoms with Gasteiger partial charge in [0.2, 0.25) is 0 Å². The highest BCUT2D eigenvalue weighted by molar-refractivity contribution is 7.92. The second-order valence-electron chi connectivity index (χ2n) is 6.33. The van der Waals surface area contributed by atoms with E-state index in [0.29, 0.717) is 5.56 Å². The zero-order valence-electron chi connectivity index (χ0n) is 12.8. The molecule has 1 aromatic carbocycles. The molecule has 0 aromatic heterocycles. The van der Waals surface area contributed by atoms with Crippen LogP contribution >= 0.6 is 0 Å². The number of halogens is 1. The molecule has 3 N–H and O–H groups in total. The number of sulfone groups is 1. The van der Waals surface area contributed by atoms with Crippen molar-refractivity contribution in [1.82, 2.24) is 0 Å². The van der Waals surface area contributed by atoms with E-state index in [1.807, 2.05) is 0 Å². The molecule has 120 valence electrons. The van der Waals surface area contributed by atoms with Crippen molar-refractivity contribution in [2.45, 2.75) is 37.4 Å². The van der Waals surface area contributed by atoms with Crippen LogP contribution in [0.15, 0.2) is 24.3 Å². The van der Waals surface area contributed by atoms with Crippen LogP contribution in [0, 0.1) is 5.82 Å². The van der Waals surface area contributed by atoms with Gasteiger partial charge in [0.15, 0.2) is 9.84 Å². The van der Waals surface area contributed by atoms with Crippen molar-refractivity contribution in [1.29, 1.82) is 0 Å². The van der Waals surface area contributed by atoms with Gasteiger partial charge in [0, 0.05) is 12.0 Å². The molecule has 0 aliphatic carbocycles. The van der Waals surface area contributed by atoms with Gasteiger partial charge in [-0.25, -0.2) is 12.8 Å². The summed E-state index contributed by atoms with van der Waals surface area (Å²) in [4.78, 5) is 0. The lowest BCUT2D eigenvalue weighted by molar-refractivity contribution is 0.193. The molecule has 0 radical (unpaired) electrons. The quantitative estimate of drug-likeness (QED) is 0.835. The maximum Gasteiger partial charge on any atom is 0.155 e. The number of aliphatic hydroxyl groups is 1. The molecule has 0 saturated carbocycles. The highest BCUT2D eigenvalue weighted by Crippen LogP contribution is 2.29. The van der Waals surface area contributed by atoms with Gasteiger partial charge in [-0.05, 0) is 44.9 Å². The van der Waals surface area contributed by atoms with Crippen molar-refractivity contribution in [2.75, 3.05) is 18.9 Å². The Balaban J connectivity index is 3.05. The SMILES string of the molecule is CC(C)(C)S(=O)(=O)CCC(CN)(CO)c1ccc(F)cc1. The molecule has 1 aromatic rings. The van der Waals surface area contributed by atoms with Gasteiger partial charge in [-0.3, -0.25) is 0 Å². The van der Waals surface area contributed by atoms with Crippen molar-refractivity contribution in [3.05, 3.63) is 35.6 Å². The zero-order valence-corrected chi connectivity index (χ0v) is 13.6. The van der Waals surface area contributed by atoms with Crippen LogP contribution in [0.1, 0.15) is 32.8 Å². The van der Waals surface area contributed by atoms with Crippen LogP contribution in [0.25, 0.3) is 0 Å². The Morgan fingerprint density at radius 3 is 2.10 bits per heavy atom. The summed E-state index contributed by atoms with van der Waals surface area (Å²) in [6.45, 7) is 4.74. The van der Waals surface area contributed by atoms with Crippen molar-refractivity contribution >= 4 is 9.84 Å². The van der Waals surface area contributed by atoms with Gasteiger partial charge in [-0.1, -0.05) is 12.1 Å². The van der Waals surface area contributed by atoms with E-state index >= 15 is 0 Å². The summed E-state index contributed by atoms with van der Waals surface area (Å²) < 4.78 is 36.6. The third-order valence-corrected chi connectivity index (χ3v) is 6.54. The third kappa shape index (κ3) is 4.02. The van der Waals surface area contributed by atoms with Crippen molar-refractivity contribution < 1.29 is 17.9 Å². The predicted molar refractivity (Wildman–Crippen MR) is 82.4 cm³/mol. The van der Waals surface area contributed by atoms with Gasteiger partial charge in [-0.15, -0.1) is 0 Å². The molecule has 0 amide bonds. The fourth-order valence-corrected chi connectivity index (χ4v) is 3.31. The summed E-state index contributed by atoms with van der Waals surface area (Å²) in [5, 5.41) is 9.73. The van der Waals surface area contributed by atoms with E-state index in [1.165, 1.54) is 12.1 Å². The zero-order chi connectivity index (χ0) is 16.3. The molecule has 0 saturated heterocycles. The van der Waals surface area contributed by atoms with E-state index in [0.717, 1.165) is 0 Å². The minimum absolute atomic E-state index is 0.0777. The summed E-state index contributed by atoms with van der Waals surface area (Å²) in [5.74, 6) is -0.462. The van der Waals surface area contributed by atoms with Crippen LogP contribution in [0.3, 0.4) is 0 Å². The minimum Gasteiger partial charge on any atom is -0.395 e. The fourth-order valence-electron chi connectivity index (χ4n) is 2.04. The standard InChI is InChI=1S/C15H24FNO3S/c1-14(2,3)21(19,20)9-8-15(10-17,11-18)12-4-6-13(16)7-5-12/h4-7,18H,8-11,17H2,1-3H3. The van der Waals surface area contributed by atoms with E-state index in [4.69, 9.17) is 5.73 Å². The first-order valence-electron chi connectivity index (χ1n) is 6.87. The molecule has 0 heterocycles. The first kappa shape index (κ1) is 18.1. The van der Waals surface area contributed by atoms with Crippen LogP contribution in [0.4, 0.5) is 4.39 Å². The maximum absolute atomic E-state index is 13.0. The molecule has 21 heavy (non-hydrogen) atoms. The van der Waals surface area contributed by atoms with Gasteiger partial charge in [-0.2, -0.15) is 0 Å². The van der Waals surface area contributed by atoms with Crippen LogP contribution in [0.2, 0.25) is 0 Å². The summed E-state index contributed by atoms with van der Waals surface area (Å²) in [5.41, 5.74) is 5.56. The summed E-state index contributed by atoms with van der Waals surface area (Å²) in [6.07, 6.45) is 0.200. The molecule has 1 unspecified atom stereocenters. The minimum atomic E-state index is -3.31. The van der Waals surface area contributed by atoms with Crippen LogP contribution < -0.4 is 5.73 Å². The molecule has 4 nitrogen and oxygen atoms in total. The van der Waals surface area contributed by atoms with Gasteiger partial charge < -0.3 is 10.8 Å². The molecule has 0 fully saturated rings. The molecule has 0 bridgehead atoms. The number of hydrogen-bond donors (Lipinski definition) is 2. The second kappa shape index (κ2) is 6.42. The summed E-state index contributed by atoms with van der Waals surface area (Å²) in [7, 11) is -3.31. The van der Waals surface area contributed by atoms with Gasteiger partial charge in [0.1, 0.15) is 5.82 Å². The molecule has 1 rings (SSSR count). The molecule has 1 atom stereocenters. The Morgan fingerprint density at radius 2 is 1.71 bits per heavy atom. The number of benzene rings is 1. The first-order valence-corrected chi connectivity index (χ1v) is 8.52. The topological polar surface area (TPSA) is 80.4 Å². The van der Waals surface area contributed by atoms with Gasteiger partial charge >= 0.3 is 0 Å². The smallest absolute Gasteiger partial charge is 0.155 e. The first-order chi connectivity index (χ1) is 9.58. The van der Waals surface area contributed by atoms with Crippen LogP contribution in [-0.4, -0.2) is 37.2 Å². The Labute approximate surface area is 126 Å². The van der Waals surface area contributed by atoms with E-state index in [9.17, 15) is 17.9 Å². The van der Waals surface area contributed by atoms with Crippen molar-refractivity contribution in [3.8, 4) is 0 Å². The van der Waals surface area contributed by atoms with E-state index < -0.39 is 20.0 Å². The average molecular weight is 317 g/mol. The van der Waals surface area contributed by atoms with E-state index in [2.05, 4.69) is 0 Å². The molecular weight excluding hydrogens is 293 g/mol. The summed E-state index contributed by atoms with van der Waals surface area (Å²) >= 11 is 0. The molecular formula is C15H24FNO3S. The number of nitrogens with two attached hydrogens (primary N) is 1. The second-order valence-corrected chi connectivity index (χ2v) is 9.19. The highest BCUT2D eigenvalue weighted by atomic mass is 32.2. The van der Waals surface area contributed by atoms with Gasteiger partial charge in [0.25, 0.3) is 0 Å². The largest absolute Gasteiger partial charge is 0.395 e. The number of hydrogen-bond acceptors (Lipinski definition) is 4. The Kier molecular flexibility index (Phi) is 5.52. The molecule has 0 aliphatic heterocycles.